The van der Waals surface area contributed by atoms with Crippen molar-refractivity contribution in [3.05, 3.63) is 108 Å². The van der Waals surface area contributed by atoms with Gasteiger partial charge in [-0.25, -0.2) is 10.1 Å². The molecule has 0 fully saturated rings. The Hall–Kier alpha value is -4.96. The van der Waals surface area contributed by atoms with Gasteiger partial charge in [0.25, 0.3) is 11.8 Å². The molecule has 3 aromatic carbocycles. The van der Waals surface area contributed by atoms with Gasteiger partial charge in [0.2, 0.25) is 5.96 Å². The van der Waals surface area contributed by atoms with Gasteiger partial charge < -0.3 is 15.7 Å². The summed E-state index contributed by atoms with van der Waals surface area (Å²) in [7, 11) is 0. The number of fused-ring (bicyclic) bond motifs is 1. The number of carboxylic acids is 1. The lowest BCUT2D eigenvalue weighted by atomic mass is 9.99. The van der Waals surface area contributed by atoms with Crippen LogP contribution in [0.25, 0.3) is 0 Å². The number of aryl methyl sites for hydroxylation is 1. The van der Waals surface area contributed by atoms with Crippen molar-refractivity contribution in [2.24, 2.45) is 10.7 Å². The van der Waals surface area contributed by atoms with Crippen molar-refractivity contribution in [3.63, 3.8) is 0 Å². The van der Waals surface area contributed by atoms with Crippen molar-refractivity contribution < 1.29 is 24.3 Å². The fourth-order valence-corrected chi connectivity index (χ4v) is 5.25. The third-order valence-electron chi connectivity index (χ3n) is 7.30. The van der Waals surface area contributed by atoms with Crippen molar-refractivity contribution in [1.29, 1.82) is 0 Å². The van der Waals surface area contributed by atoms with Gasteiger partial charge in [-0.2, -0.15) is 0 Å². The second-order valence-electron chi connectivity index (χ2n) is 10.2. The number of aliphatic carboxylic acids is 1. The van der Waals surface area contributed by atoms with E-state index < -0.39 is 17.9 Å². The van der Waals surface area contributed by atoms with Gasteiger partial charge in [0.1, 0.15) is 6.54 Å². The minimum absolute atomic E-state index is 0.0385. The van der Waals surface area contributed by atoms with Crippen LogP contribution in [0.2, 0.25) is 0 Å². The number of carbonyl (C=O) groups is 3. The zero-order valence-electron chi connectivity index (χ0n) is 23.3. The van der Waals surface area contributed by atoms with Crippen LogP contribution in [-0.2, 0) is 20.8 Å². The largest absolute Gasteiger partial charge is 0.481 e. The van der Waals surface area contributed by atoms with Crippen LogP contribution in [-0.4, -0.2) is 58.0 Å². The minimum Gasteiger partial charge on any atom is -0.481 e. The highest BCUT2D eigenvalue weighted by atomic mass is 16.7. The normalized spacial score (nSPS) is 17.5. The van der Waals surface area contributed by atoms with Gasteiger partial charge in [-0.3, -0.25) is 24.1 Å². The Bertz CT molecular complexity index is 1510. The number of nitrogens with zero attached hydrogens (tertiary/aromatic N) is 4. The summed E-state index contributed by atoms with van der Waals surface area (Å²) in [4.78, 5) is 52.8. The summed E-state index contributed by atoms with van der Waals surface area (Å²) in [5.41, 5.74) is 8.89. The van der Waals surface area contributed by atoms with E-state index in [1.54, 1.807) is 47.7 Å². The molecule has 2 unspecified atom stereocenters. The van der Waals surface area contributed by atoms with E-state index in [-0.39, 0.29) is 24.9 Å². The quantitative estimate of drug-likeness (QED) is 0.347. The molecule has 216 valence electrons. The Kier molecular flexibility index (Phi) is 8.63. The molecular weight excluding hydrogens is 534 g/mol. The Balaban J connectivity index is 1.45. The highest BCUT2D eigenvalue weighted by Gasteiger charge is 2.37. The number of carboxylic acid groups (broad SMARTS) is 1. The molecule has 2 heterocycles. The predicted molar refractivity (Wildman–Crippen MR) is 159 cm³/mol. The van der Waals surface area contributed by atoms with Gasteiger partial charge in [-0.15, -0.1) is 0 Å². The van der Waals surface area contributed by atoms with Crippen molar-refractivity contribution in [3.8, 4) is 0 Å². The van der Waals surface area contributed by atoms with Crippen LogP contribution in [0.4, 0.5) is 11.4 Å². The molecule has 10 heteroatoms. The molecule has 0 aromatic heterocycles. The summed E-state index contributed by atoms with van der Waals surface area (Å²) >= 11 is 0. The van der Waals surface area contributed by atoms with Crippen LogP contribution >= 0.6 is 0 Å². The van der Waals surface area contributed by atoms with Gasteiger partial charge in [0, 0.05) is 11.9 Å². The SMILES string of the molecule is CC1C=CN=C(N)N1OCCCc1ccc2c(c1)C(=O)N(C(CC(=O)O)c1ccccc1)CC(=O)N2c1ccccc1. The fourth-order valence-electron chi connectivity index (χ4n) is 5.25. The van der Waals surface area contributed by atoms with Gasteiger partial charge in [0.15, 0.2) is 0 Å². The monoisotopic (exact) mass is 567 g/mol. The topological polar surface area (TPSA) is 129 Å². The number of hydroxylamine groups is 2. The fraction of sp³-hybridized carbons (Fsp3) is 0.250. The summed E-state index contributed by atoms with van der Waals surface area (Å²) in [5, 5.41) is 11.3. The van der Waals surface area contributed by atoms with E-state index in [0.29, 0.717) is 47.9 Å². The Labute approximate surface area is 244 Å². The molecule has 3 N–H and O–H groups in total. The van der Waals surface area contributed by atoms with E-state index in [4.69, 9.17) is 10.6 Å². The molecule has 2 aliphatic rings. The Morgan fingerprint density at radius 3 is 2.48 bits per heavy atom. The average molecular weight is 568 g/mol. The van der Waals surface area contributed by atoms with Gasteiger partial charge in [-0.05, 0) is 61.2 Å². The van der Waals surface area contributed by atoms with E-state index in [1.807, 2.05) is 55.5 Å². The highest BCUT2D eigenvalue weighted by Crippen LogP contribution is 2.36. The number of guanidine groups is 1. The van der Waals surface area contributed by atoms with Crippen LogP contribution in [0.1, 0.15) is 47.3 Å². The van der Waals surface area contributed by atoms with Gasteiger partial charge in [-0.1, -0.05) is 54.6 Å². The summed E-state index contributed by atoms with van der Waals surface area (Å²) in [5.74, 6) is -1.50. The van der Waals surface area contributed by atoms with Crippen LogP contribution < -0.4 is 10.6 Å². The number of hydrogen-bond acceptors (Lipinski definition) is 7. The zero-order valence-corrected chi connectivity index (χ0v) is 23.3. The molecule has 3 aromatic rings. The molecular formula is C32H33N5O5. The van der Waals surface area contributed by atoms with Crippen molar-refractivity contribution in [2.45, 2.75) is 38.3 Å². The molecule has 0 saturated carbocycles. The lowest BCUT2D eigenvalue weighted by molar-refractivity contribution is -0.138. The number of anilines is 2. The van der Waals surface area contributed by atoms with Crippen LogP contribution in [0.15, 0.2) is 96.1 Å². The highest BCUT2D eigenvalue weighted by molar-refractivity contribution is 6.13. The molecule has 5 rings (SSSR count). The molecule has 0 spiro atoms. The van der Waals surface area contributed by atoms with Crippen LogP contribution in [0.3, 0.4) is 0 Å². The second-order valence-corrected chi connectivity index (χ2v) is 10.2. The zero-order chi connectivity index (χ0) is 29.6. The average Bonchev–Trinajstić information content (AvgIpc) is 3.09. The van der Waals surface area contributed by atoms with E-state index in [9.17, 15) is 19.5 Å². The number of rotatable bonds is 10. The van der Waals surface area contributed by atoms with Crippen molar-refractivity contribution >= 4 is 35.1 Å². The number of benzene rings is 3. The molecule has 2 atom stereocenters. The minimum atomic E-state index is -1.06. The van der Waals surface area contributed by atoms with E-state index in [0.717, 1.165) is 5.56 Å². The van der Waals surface area contributed by atoms with E-state index in [2.05, 4.69) is 4.99 Å². The molecule has 10 nitrogen and oxygen atoms in total. The molecule has 0 aliphatic carbocycles. The third kappa shape index (κ3) is 6.18. The van der Waals surface area contributed by atoms with Crippen LogP contribution in [0, 0.1) is 0 Å². The maximum absolute atomic E-state index is 14.2. The molecule has 0 radical (unpaired) electrons. The lowest BCUT2D eigenvalue weighted by Gasteiger charge is -2.30. The Morgan fingerprint density at radius 2 is 1.79 bits per heavy atom. The van der Waals surface area contributed by atoms with Crippen molar-refractivity contribution in [2.75, 3.05) is 18.1 Å². The summed E-state index contributed by atoms with van der Waals surface area (Å²) in [6, 6.07) is 22.7. The summed E-state index contributed by atoms with van der Waals surface area (Å²) < 4.78 is 0. The molecule has 2 amide bonds. The van der Waals surface area contributed by atoms with Crippen molar-refractivity contribution in [1.82, 2.24) is 9.96 Å². The Morgan fingerprint density at radius 1 is 1.07 bits per heavy atom. The number of para-hydroxylation sites is 1. The van der Waals surface area contributed by atoms with Gasteiger partial charge in [0.05, 0.1) is 36.4 Å². The first-order chi connectivity index (χ1) is 20.3. The molecule has 2 aliphatic heterocycles. The molecule has 0 saturated heterocycles. The van der Waals surface area contributed by atoms with Gasteiger partial charge >= 0.3 is 5.97 Å². The standard InChI is InChI=1S/C32H33N5O5/c1-22-16-17-34-32(33)37(22)42-18-8-9-23-14-15-27-26(19-23)31(41)35(21-29(38)36(27)25-12-6-3-7-13-25)28(20-30(39)40)24-10-4-2-5-11-24/h2-7,10-17,19,22,28H,8-9,18,20-21H2,1H3,(H2,33,34)(H,39,40). The number of aliphatic imine (C=N–C) groups is 1. The molecule has 42 heavy (non-hydrogen) atoms. The number of carbonyl (C=O) groups excluding carboxylic acids is 2. The number of hydrogen-bond donors (Lipinski definition) is 2. The maximum Gasteiger partial charge on any atom is 0.305 e. The van der Waals surface area contributed by atoms with E-state index >= 15 is 0 Å². The summed E-state index contributed by atoms with van der Waals surface area (Å²) in [6.07, 6.45) is 4.44. The number of nitrogens with two attached hydrogens (primary N) is 1. The summed E-state index contributed by atoms with van der Waals surface area (Å²) in [6.45, 7) is 2.06. The smallest absolute Gasteiger partial charge is 0.305 e. The number of amides is 2. The third-order valence-corrected chi connectivity index (χ3v) is 7.30. The first-order valence-electron chi connectivity index (χ1n) is 13.8. The van der Waals surface area contributed by atoms with E-state index in [1.165, 1.54) is 9.80 Å². The first-order valence-corrected chi connectivity index (χ1v) is 13.8. The molecule has 0 bridgehead atoms. The maximum atomic E-state index is 14.2. The lowest BCUT2D eigenvalue weighted by Crippen LogP contribution is -2.44. The first kappa shape index (κ1) is 28.6. The van der Waals surface area contributed by atoms with Crippen LogP contribution in [0.5, 0.6) is 0 Å². The predicted octanol–water partition coefficient (Wildman–Crippen LogP) is 4.42. The second kappa shape index (κ2) is 12.7.